The number of hydrogen-bond donors (Lipinski definition) is 1. The second kappa shape index (κ2) is 7.28. The van der Waals surface area contributed by atoms with Gasteiger partial charge < -0.3 is 9.67 Å². The van der Waals surface area contributed by atoms with E-state index in [1.165, 1.54) is 23.5 Å². The number of fused-ring (bicyclic) bond motifs is 1. The van der Waals surface area contributed by atoms with Gasteiger partial charge in [-0.15, -0.1) is 11.3 Å². The molecule has 154 valence electrons. The van der Waals surface area contributed by atoms with E-state index < -0.39 is 17.7 Å². The number of nitrogens with zero attached hydrogens (tertiary/aromatic N) is 2. The Bertz CT molecular complexity index is 1270. The van der Waals surface area contributed by atoms with E-state index in [1.807, 2.05) is 24.3 Å². The summed E-state index contributed by atoms with van der Waals surface area (Å²) in [5, 5.41) is 10.3. The highest BCUT2D eigenvalue weighted by atomic mass is 32.1. The minimum absolute atomic E-state index is 0.00486. The molecule has 0 radical (unpaired) electrons. The number of benzene rings is 2. The van der Waals surface area contributed by atoms with Crippen molar-refractivity contribution in [3.63, 3.8) is 0 Å². The predicted molar refractivity (Wildman–Crippen MR) is 110 cm³/mol. The van der Waals surface area contributed by atoms with Crippen LogP contribution in [0.15, 0.2) is 48.5 Å². The number of hydrogen-bond acceptors (Lipinski definition) is 3. The molecule has 2 aromatic heterocycles. The topological polar surface area (TPSA) is 55.1 Å². The van der Waals surface area contributed by atoms with Gasteiger partial charge in [0.2, 0.25) is 0 Å². The Hall–Kier alpha value is -3.13. The number of carboxylic acid groups (broad SMARTS) is 1. The third-order valence-corrected chi connectivity index (χ3v) is 6.24. The Labute approximate surface area is 174 Å². The van der Waals surface area contributed by atoms with Crippen molar-refractivity contribution in [1.29, 1.82) is 0 Å². The Morgan fingerprint density at radius 2 is 1.90 bits per heavy atom. The maximum atomic E-state index is 13.0. The first kappa shape index (κ1) is 20.2. The molecule has 0 saturated carbocycles. The van der Waals surface area contributed by atoms with E-state index in [9.17, 15) is 23.1 Å². The number of aromatic nitrogens is 2. The van der Waals surface area contributed by atoms with Crippen LogP contribution in [0.3, 0.4) is 0 Å². The highest BCUT2D eigenvalue weighted by Crippen LogP contribution is 2.36. The summed E-state index contributed by atoms with van der Waals surface area (Å²) < 4.78 is 41.6. The molecule has 0 aliphatic rings. The zero-order chi connectivity index (χ0) is 21.6. The zero-order valence-electron chi connectivity index (χ0n) is 16.1. The molecule has 4 nitrogen and oxygen atoms in total. The molecule has 0 atom stereocenters. The second-order valence-corrected chi connectivity index (χ2v) is 8.18. The zero-order valence-corrected chi connectivity index (χ0v) is 16.9. The summed E-state index contributed by atoms with van der Waals surface area (Å²) in [7, 11) is 1.76. The van der Waals surface area contributed by atoms with E-state index in [0.29, 0.717) is 23.5 Å². The summed E-state index contributed by atoms with van der Waals surface area (Å²) in [6.07, 6.45) is -4.00. The van der Waals surface area contributed by atoms with E-state index in [1.54, 1.807) is 24.6 Å². The number of thiophene rings is 1. The van der Waals surface area contributed by atoms with Gasteiger partial charge in [-0.3, -0.25) is 0 Å². The van der Waals surface area contributed by atoms with Crippen LogP contribution in [-0.4, -0.2) is 20.6 Å². The van der Waals surface area contributed by atoms with Gasteiger partial charge in [0.15, 0.2) is 5.69 Å². The van der Waals surface area contributed by atoms with Crippen molar-refractivity contribution < 1.29 is 23.1 Å². The number of halogens is 3. The standard InChI is InChI=1S/C22H17F3N2O2S/c1-12-18(21(28)29)26-20(27(12)2)17-8-4-6-14-11-16(30-19(14)17)10-13-5-3-7-15(9-13)22(23,24)25/h3-9,11H,10H2,1-2H3,(H,28,29). The number of carboxylic acids is 1. The Kier molecular flexibility index (Phi) is 4.89. The molecule has 0 fully saturated rings. The van der Waals surface area contributed by atoms with Gasteiger partial charge in [-0.1, -0.05) is 30.3 Å². The molecule has 0 unspecified atom stereocenters. The van der Waals surface area contributed by atoms with Crippen LogP contribution in [0.2, 0.25) is 0 Å². The van der Waals surface area contributed by atoms with Gasteiger partial charge in [0, 0.05) is 34.3 Å². The fourth-order valence-corrected chi connectivity index (χ4v) is 4.66. The molecule has 30 heavy (non-hydrogen) atoms. The molecule has 0 aliphatic heterocycles. The van der Waals surface area contributed by atoms with Gasteiger partial charge in [-0.05, 0) is 36.1 Å². The van der Waals surface area contributed by atoms with Crippen molar-refractivity contribution in [3.05, 3.63) is 75.9 Å². The van der Waals surface area contributed by atoms with E-state index in [0.717, 1.165) is 26.6 Å². The lowest BCUT2D eigenvalue weighted by Gasteiger charge is -2.08. The van der Waals surface area contributed by atoms with Crippen molar-refractivity contribution in [3.8, 4) is 11.4 Å². The van der Waals surface area contributed by atoms with Crippen LogP contribution in [0.5, 0.6) is 0 Å². The molecule has 2 aromatic carbocycles. The van der Waals surface area contributed by atoms with Gasteiger partial charge in [0.05, 0.1) is 5.56 Å². The molecule has 8 heteroatoms. The van der Waals surface area contributed by atoms with Crippen molar-refractivity contribution >= 4 is 27.4 Å². The van der Waals surface area contributed by atoms with Gasteiger partial charge >= 0.3 is 12.1 Å². The van der Waals surface area contributed by atoms with Gasteiger partial charge in [-0.25, -0.2) is 9.78 Å². The molecule has 4 rings (SSSR count). The maximum Gasteiger partial charge on any atom is 0.416 e. The number of imidazole rings is 1. The summed E-state index contributed by atoms with van der Waals surface area (Å²) >= 11 is 1.48. The molecule has 0 spiro atoms. The SMILES string of the molecule is Cc1c(C(=O)O)nc(-c2cccc3cc(Cc4cccc(C(F)(F)F)c4)sc23)n1C. The lowest BCUT2D eigenvalue weighted by atomic mass is 10.1. The molecular weight excluding hydrogens is 413 g/mol. The molecule has 2 heterocycles. The van der Waals surface area contributed by atoms with Gasteiger partial charge in [-0.2, -0.15) is 13.2 Å². The molecule has 0 saturated heterocycles. The van der Waals surface area contributed by atoms with E-state index >= 15 is 0 Å². The molecule has 0 aliphatic carbocycles. The molecule has 0 amide bonds. The molecule has 4 aromatic rings. The van der Waals surface area contributed by atoms with Crippen LogP contribution in [0.25, 0.3) is 21.5 Å². The fraction of sp³-hybridized carbons (Fsp3) is 0.182. The predicted octanol–water partition coefficient (Wildman–Crippen LogP) is 5.92. The number of aromatic carboxylic acids is 1. The minimum atomic E-state index is -4.37. The van der Waals surface area contributed by atoms with Crippen molar-refractivity contribution in [2.75, 3.05) is 0 Å². The average molecular weight is 430 g/mol. The van der Waals surface area contributed by atoms with Crippen LogP contribution in [0, 0.1) is 6.92 Å². The van der Waals surface area contributed by atoms with Crippen molar-refractivity contribution in [2.24, 2.45) is 7.05 Å². The molecule has 0 bridgehead atoms. The first-order valence-electron chi connectivity index (χ1n) is 9.09. The number of rotatable bonds is 4. The first-order valence-corrected chi connectivity index (χ1v) is 9.91. The lowest BCUT2D eigenvalue weighted by Crippen LogP contribution is -2.05. The first-order chi connectivity index (χ1) is 14.1. The highest BCUT2D eigenvalue weighted by Gasteiger charge is 2.30. The number of carbonyl (C=O) groups is 1. The van der Waals surface area contributed by atoms with Crippen LogP contribution < -0.4 is 0 Å². The highest BCUT2D eigenvalue weighted by molar-refractivity contribution is 7.19. The van der Waals surface area contributed by atoms with Gasteiger partial charge in [0.1, 0.15) is 5.82 Å². The summed E-state index contributed by atoms with van der Waals surface area (Å²) in [4.78, 5) is 16.7. The quantitative estimate of drug-likeness (QED) is 0.437. The minimum Gasteiger partial charge on any atom is -0.476 e. The Morgan fingerprint density at radius 1 is 1.17 bits per heavy atom. The average Bonchev–Trinajstić information content (AvgIpc) is 3.22. The third-order valence-electron chi connectivity index (χ3n) is 5.05. The number of alkyl halides is 3. The third kappa shape index (κ3) is 3.59. The van der Waals surface area contributed by atoms with Crippen LogP contribution in [0.1, 0.15) is 32.2 Å². The summed E-state index contributed by atoms with van der Waals surface area (Å²) in [5.41, 5.74) is 1.27. The Morgan fingerprint density at radius 3 is 2.57 bits per heavy atom. The fourth-order valence-electron chi connectivity index (χ4n) is 3.46. The Balaban J connectivity index is 1.75. The van der Waals surface area contributed by atoms with Crippen molar-refractivity contribution in [1.82, 2.24) is 9.55 Å². The van der Waals surface area contributed by atoms with Crippen LogP contribution >= 0.6 is 11.3 Å². The van der Waals surface area contributed by atoms with Crippen LogP contribution in [0.4, 0.5) is 13.2 Å². The maximum absolute atomic E-state index is 13.0. The smallest absolute Gasteiger partial charge is 0.416 e. The van der Waals surface area contributed by atoms with Crippen molar-refractivity contribution in [2.45, 2.75) is 19.5 Å². The molecular formula is C22H17F3N2O2S. The normalized spacial score (nSPS) is 11.9. The largest absolute Gasteiger partial charge is 0.476 e. The monoisotopic (exact) mass is 430 g/mol. The molecule has 1 N–H and O–H groups in total. The van der Waals surface area contributed by atoms with E-state index in [4.69, 9.17) is 0 Å². The summed E-state index contributed by atoms with van der Waals surface area (Å²) in [6.45, 7) is 1.70. The lowest BCUT2D eigenvalue weighted by molar-refractivity contribution is -0.137. The van der Waals surface area contributed by atoms with Gasteiger partial charge in [0.25, 0.3) is 0 Å². The second-order valence-electron chi connectivity index (χ2n) is 7.05. The van der Waals surface area contributed by atoms with Crippen LogP contribution in [-0.2, 0) is 19.6 Å². The van der Waals surface area contributed by atoms with E-state index in [-0.39, 0.29) is 5.69 Å². The van der Waals surface area contributed by atoms with E-state index in [2.05, 4.69) is 4.98 Å². The summed E-state index contributed by atoms with van der Waals surface area (Å²) in [5.74, 6) is -0.541. The summed E-state index contributed by atoms with van der Waals surface area (Å²) in [6, 6.07) is 13.0.